The molecule has 1 amide bonds. The molecule has 0 radical (unpaired) electrons. The van der Waals surface area contributed by atoms with Gasteiger partial charge in [-0.1, -0.05) is 42.5 Å². The molecule has 164 valence electrons. The highest BCUT2D eigenvalue weighted by Gasteiger charge is 2.45. The maximum atomic E-state index is 13.7. The first-order valence-electron chi connectivity index (χ1n) is 10.3. The molecule has 1 aromatic carbocycles. The first kappa shape index (κ1) is 21.2. The maximum Gasteiger partial charge on any atom is 0.290 e. The topological polar surface area (TPSA) is 83.4 Å². The van der Waals surface area contributed by atoms with Gasteiger partial charge in [0.25, 0.3) is 5.91 Å². The van der Waals surface area contributed by atoms with E-state index < -0.39 is 17.7 Å². The average Bonchev–Trinajstić information content (AvgIpc) is 3.56. The number of hydrogen-bond donors (Lipinski definition) is 1. The summed E-state index contributed by atoms with van der Waals surface area (Å²) in [5.41, 5.74) is 2.25. The van der Waals surface area contributed by atoms with Crippen molar-refractivity contribution in [1.82, 2.24) is 14.9 Å². The average molecular weight is 474 g/mol. The summed E-state index contributed by atoms with van der Waals surface area (Å²) in [6.07, 6.45) is 1.65. The summed E-state index contributed by atoms with van der Waals surface area (Å²) in [6.45, 7) is 1.95. The van der Waals surface area contributed by atoms with Crippen molar-refractivity contribution >= 4 is 34.4 Å². The van der Waals surface area contributed by atoms with Crippen LogP contribution in [0.3, 0.4) is 0 Å². The minimum Gasteiger partial charge on any atom is -0.503 e. The van der Waals surface area contributed by atoms with Crippen molar-refractivity contribution in [2.24, 2.45) is 0 Å². The third kappa shape index (κ3) is 3.88. The molecule has 0 spiro atoms. The predicted molar refractivity (Wildman–Crippen MR) is 128 cm³/mol. The van der Waals surface area contributed by atoms with E-state index in [1.54, 1.807) is 19.2 Å². The Bertz CT molecular complexity index is 1350. The normalized spacial score (nSPS) is 16.0. The van der Waals surface area contributed by atoms with Gasteiger partial charge in [0.15, 0.2) is 5.76 Å². The van der Waals surface area contributed by atoms with Crippen LogP contribution in [0.25, 0.3) is 10.6 Å². The van der Waals surface area contributed by atoms with Crippen LogP contribution >= 0.6 is 22.7 Å². The Labute approximate surface area is 198 Å². The Hall–Kier alpha value is -3.62. The summed E-state index contributed by atoms with van der Waals surface area (Å²) in [4.78, 5) is 38.5. The minimum atomic E-state index is -0.686. The molecule has 0 saturated heterocycles. The molecular formula is C25H19N3O3S2. The second-order valence-corrected chi connectivity index (χ2v) is 9.54. The number of aromatic nitrogens is 2. The summed E-state index contributed by atoms with van der Waals surface area (Å²) >= 11 is 2.71. The van der Waals surface area contributed by atoms with Gasteiger partial charge >= 0.3 is 0 Å². The molecule has 1 N–H and O–H groups in total. The Morgan fingerprint density at radius 1 is 1.09 bits per heavy atom. The SMILES string of the molecule is Cc1nc(-c2ccccc2)sc1C(=O)C1=C(O)C(=O)N(Cc2ccccn2)C1c1cccs1. The molecule has 4 heterocycles. The zero-order chi connectivity index (χ0) is 22.9. The monoisotopic (exact) mass is 473 g/mol. The van der Waals surface area contributed by atoms with Gasteiger partial charge in [-0.25, -0.2) is 4.98 Å². The number of amides is 1. The van der Waals surface area contributed by atoms with E-state index in [9.17, 15) is 14.7 Å². The van der Waals surface area contributed by atoms with Gasteiger partial charge in [-0.2, -0.15) is 0 Å². The number of carbonyl (C=O) groups excluding carboxylic acids is 2. The van der Waals surface area contributed by atoms with E-state index in [1.165, 1.54) is 27.6 Å². The first-order valence-corrected chi connectivity index (χ1v) is 12.0. The van der Waals surface area contributed by atoms with Crippen LogP contribution in [0.2, 0.25) is 0 Å². The van der Waals surface area contributed by atoms with Crippen molar-refractivity contribution in [2.45, 2.75) is 19.5 Å². The molecule has 1 unspecified atom stereocenters. The molecule has 0 bridgehead atoms. The van der Waals surface area contributed by atoms with Gasteiger partial charge in [0.1, 0.15) is 11.0 Å². The van der Waals surface area contributed by atoms with Crippen molar-refractivity contribution < 1.29 is 14.7 Å². The van der Waals surface area contributed by atoms with Crippen molar-refractivity contribution in [3.63, 3.8) is 0 Å². The third-order valence-electron chi connectivity index (χ3n) is 5.44. The van der Waals surface area contributed by atoms with E-state index in [0.29, 0.717) is 16.3 Å². The number of Topliss-reactive ketones (excluding diaryl/α,β-unsaturated/α-hetero) is 1. The lowest BCUT2D eigenvalue weighted by molar-refractivity contribution is -0.130. The minimum absolute atomic E-state index is 0.0877. The predicted octanol–water partition coefficient (Wildman–Crippen LogP) is 5.35. The Morgan fingerprint density at radius 3 is 2.58 bits per heavy atom. The number of aliphatic hydroxyl groups is 1. The van der Waals surface area contributed by atoms with E-state index in [4.69, 9.17) is 0 Å². The molecule has 1 aliphatic heterocycles. The molecule has 0 fully saturated rings. The Morgan fingerprint density at radius 2 is 1.88 bits per heavy atom. The number of pyridine rings is 1. The van der Waals surface area contributed by atoms with Crippen LogP contribution in [0, 0.1) is 6.92 Å². The standard InChI is InChI=1S/C25H19N3O3S2/c1-15-23(33-24(27-15)16-8-3-2-4-9-16)21(29)19-20(18-11-7-13-32-18)28(25(31)22(19)30)14-17-10-5-6-12-26-17/h2-13,20,30H,14H2,1H3. The molecule has 5 rings (SSSR count). The van der Waals surface area contributed by atoms with Crippen LogP contribution in [0.1, 0.15) is 32.0 Å². The van der Waals surface area contributed by atoms with Crippen molar-refractivity contribution in [2.75, 3.05) is 0 Å². The molecule has 0 aliphatic carbocycles. The van der Waals surface area contributed by atoms with E-state index >= 15 is 0 Å². The lowest BCUT2D eigenvalue weighted by Gasteiger charge is -2.25. The fraction of sp³-hybridized carbons (Fsp3) is 0.120. The fourth-order valence-electron chi connectivity index (χ4n) is 3.89. The number of ketones is 1. The molecule has 0 saturated carbocycles. The lowest BCUT2D eigenvalue weighted by Crippen LogP contribution is -2.30. The highest BCUT2D eigenvalue weighted by molar-refractivity contribution is 7.17. The van der Waals surface area contributed by atoms with E-state index in [0.717, 1.165) is 15.4 Å². The number of nitrogens with zero attached hydrogens (tertiary/aromatic N) is 3. The van der Waals surface area contributed by atoms with Crippen LogP contribution in [0.15, 0.2) is 83.6 Å². The van der Waals surface area contributed by atoms with Gasteiger partial charge in [-0.15, -0.1) is 22.7 Å². The number of thiophene rings is 1. The Balaban J connectivity index is 1.55. The first-order chi connectivity index (χ1) is 16.0. The number of benzene rings is 1. The number of carbonyl (C=O) groups is 2. The third-order valence-corrected chi connectivity index (χ3v) is 7.57. The molecule has 4 aromatic rings. The molecule has 33 heavy (non-hydrogen) atoms. The maximum absolute atomic E-state index is 13.7. The van der Waals surface area contributed by atoms with Crippen LogP contribution in [-0.4, -0.2) is 31.7 Å². The largest absolute Gasteiger partial charge is 0.503 e. The number of aliphatic hydroxyl groups excluding tert-OH is 1. The lowest BCUT2D eigenvalue weighted by atomic mass is 10.00. The second-order valence-electron chi connectivity index (χ2n) is 7.56. The number of hydrogen-bond acceptors (Lipinski definition) is 7. The van der Waals surface area contributed by atoms with Crippen molar-refractivity contribution in [1.29, 1.82) is 0 Å². The Kier molecular flexibility index (Phi) is 5.62. The molecule has 3 aromatic heterocycles. The van der Waals surface area contributed by atoms with Crippen LogP contribution in [-0.2, 0) is 11.3 Å². The van der Waals surface area contributed by atoms with E-state index in [2.05, 4.69) is 9.97 Å². The van der Waals surface area contributed by atoms with Gasteiger partial charge < -0.3 is 10.0 Å². The highest BCUT2D eigenvalue weighted by atomic mass is 32.1. The molecular weight excluding hydrogens is 454 g/mol. The number of aryl methyl sites for hydroxylation is 1. The smallest absolute Gasteiger partial charge is 0.290 e. The van der Waals surface area contributed by atoms with E-state index in [-0.39, 0.29) is 17.9 Å². The van der Waals surface area contributed by atoms with Crippen LogP contribution in [0.5, 0.6) is 0 Å². The van der Waals surface area contributed by atoms with Crippen molar-refractivity contribution in [3.05, 3.63) is 105 Å². The number of thiazole rings is 1. The van der Waals surface area contributed by atoms with Gasteiger partial charge in [0, 0.05) is 16.6 Å². The summed E-state index contributed by atoms with van der Waals surface area (Å²) in [6, 6.07) is 18.1. The van der Waals surface area contributed by atoms with Crippen LogP contribution < -0.4 is 0 Å². The molecule has 1 aliphatic rings. The molecule has 1 atom stereocenters. The van der Waals surface area contributed by atoms with Gasteiger partial charge in [-0.05, 0) is 30.5 Å². The van der Waals surface area contributed by atoms with Crippen molar-refractivity contribution in [3.8, 4) is 10.6 Å². The highest BCUT2D eigenvalue weighted by Crippen LogP contribution is 2.42. The van der Waals surface area contributed by atoms with Crippen LogP contribution in [0.4, 0.5) is 0 Å². The quantitative estimate of drug-likeness (QED) is 0.382. The second kappa shape index (κ2) is 8.73. The molecule has 8 heteroatoms. The van der Waals surface area contributed by atoms with Gasteiger partial charge in [0.2, 0.25) is 5.78 Å². The fourth-order valence-corrected chi connectivity index (χ4v) is 5.76. The summed E-state index contributed by atoms with van der Waals surface area (Å²) in [7, 11) is 0. The number of rotatable bonds is 6. The van der Waals surface area contributed by atoms with Gasteiger partial charge in [-0.3, -0.25) is 14.6 Å². The van der Waals surface area contributed by atoms with E-state index in [1.807, 2.05) is 60.0 Å². The summed E-state index contributed by atoms with van der Waals surface area (Å²) < 4.78 is 0. The zero-order valence-corrected chi connectivity index (χ0v) is 19.3. The van der Waals surface area contributed by atoms with Gasteiger partial charge in [0.05, 0.1) is 28.4 Å². The zero-order valence-electron chi connectivity index (χ0n) is 17.6. The summed E-state index contributed by atoms with van der Waals surface area (Å²) in [5, 5.41) is 13.5. The summed E-state index contributed by atoms with van der Waals surface area (Å²) in [5.74, 6) is -1.46. The molecule has 6 nitrogen and oxygen atoms in total.